The van der Waals surface area contributed by atoms with Gasteiger partial charge in [0.05, 0.1) is 0 Å². The fourth-order valence-electron chi connectivity index (χ4n) is 3.35. The van der Waals surface area contributed by atoms with E-state index in [4.69, 9.17) is 0 Å². The molecule has 22 heavy (non-hydrogen) atoms. The van der Waals surface area contributed by atoms with E-state index < -0.39 is 0 Å². The van der Waals surface area contributed by atoms with Crippen LogP contribution in [0.15, 0.2) is 18.2 Å². The number of benzene rings is 1. The molecule has 0 saturated carbocycles. The molecular formula is C17H23N3O2. The van der Waals surface area contributed by atoms with Crippen molar-refractivity contribution in [2.24, 2.45) is 0 Å². The number of piperidine rings is 1. The molecule has 0 aliphatic carbocycles. The summed E-state index contributed by atoms with van der Waals surface area (Å²) in [6.07, 6.45) is 2.42. The molecule has 1 aromatic rings. The van der Waals surface area contributed by atoms with E-state index in [1.54, 1.807) is 6.92 Å². The number of nitrogens with zero attached hydrogens (tertiary/aromatic N) is 1. The SMILES string of the molecule is CC(=O)N1CCC(NC(=O)C2Cc3cccc(C)c3N2)CC1. The monoisotopic (exact) mass is 301 g/mol. The zero-order valence-electron chi connectivity index (χ0n) is 13.2. The maximum Gasteiger partial charge on any atom is 0.243 e. The third-order valence-corrected chi connectivity index (χ3v) is 4.70. The first-order valence-corrected chi connectivity index (χ1v) is 7.95. The molecule has 5 heteroatoms. The molecule has 2 aliphatic heterocycles. The molecule has 1 unspecified atom stereocenters. The van der Waals surface area contributed by atoms with Crippen molar-refractivity contribution in [3.05, 3.63) is 29.3 Å². The number of likely N-dealkylation sites (tertiary alicyclic amines) is 1. The summed E-state index contributed by atoms with van der Waals surface area (Å²) in [7, 11) is 0. The lowest BCUT2D eigenvalue weighted by Crippen LogP contribution is -2.49. The first-order chi connectivity index (χ1) is 10.5. The highest BCUT2D eigenvalue weighted by Gasteiger charge is 2.30. The summed E-state index contributed by atoms with van der Waals surface area (Å²) in [5.41, 5.74) is 3.50. The quantitative estimate of drug-likeness (QED) is 0.869. The van der Waals surface area contributed by atoms with Crippen molar-refractivity contribution in [2.75, 3.05) is 18.4 Å². The Kier molecular flexibility index (Phi) is 4.05. The van der Waals surface area contributed by atoms with Crippen molar-refractivity contribution >= 4 is 17.5 Å². The summed E-state index contributed by atoms with van der Waals surface area (Å²) in [6.45, 7) is 5.12. The van der Waals surface area contributed by atoms with Crippen molar-refractivity contribution in [1.82, 2.24) is 10.2 Å². The Hall–Kier alpha value is -2.04. The third kappa shape index (κ3) is 2.93. The Labute approximate surface area is 131 Å². The molecule has 3 rings (SSSR count). The standard InChI is InChI=1S/C17H23N3O2/c1-11-4-3-5-13-10-15(19-16(11)13)17(22)18-14-6-8-20(9-7-14)12(2)21/h3-5,14-15,19H,6-10H2,1-2H3,(H,18,22). The van der Waals surface area contributed by atoms with Crippen LogP contribution in [0.5, 0.6) is 0 Å². The number of hydrogen-bond donors (Lipinski definition) is 2. The van der Waals surface area contributed by atoms with Crippen LogP contribution >= 0.6 is 0 Å². The number of rotatable bonds is 2. The van der Waals surface area contributed by atoms with E-state index in [0.717, 1.165) is 38.0 Å². The zero-order valence-corrected chi connectivity index (χ0v) is 13.2. The van der Waals surface area contributed by atoms with Crippen LogP contribution in [0, 0.1) is 6.92 Å². The highest BCUT2D eigenvalue weighted by atomic mass is 16.2. The van der Waals surface area contributed by atoms with Gasteiger partial charge in [-0.05, 0) is 30.9 Å². The summed E-state index contributed by atoms with van der Waals surface area (Å²) >= 11 is 0. The van der Waals surface area contributed by atoms with E-state index in [0.29, 0.717) is 0 Å². The fraction of sp³-hybridized carbons (Fsp3) is 0.529. The molecule has 118 valence electrons. The smallest absolute Gasteiger partial charge is 0.243 e. The molecule has 1 saturated heterocycles. The second-order valence-corrected chi connectivity index (χ2v) is 6.30. The van der Waals surface area contributed by atoms with Crippen LogP contribution in [-0.2, 0) is 16.0 Å². The van der Waals surface area contributed by atoms with Gasteiger partial charge >= 0.3 is 0 Å². The van der Waals surface area contributed by atoms with Crippen molar-refractivity contribution in [2.45, 2.75) is 45.2 Å². The lowest BCUT2D eigenvalue weighted by Gasteiger charge is -2.32. The molecule has 2 amide bonds. The minimum atomic E-state index is -0.179. The minimum Gasteiger partial charge on any atom is -0.373 e. The second kappa shape index (κ2) is 5.99. The molecular weight excluding hydrogens is 278 g/mol. The van der Waals surface area contributed by atoms with Gasteiger partial charge in [-0.25, -0.2) is 0 Å². The number of amides is 2. The van der Waals surface area contributed by atoms with Gasteiger partial charge in [-0.1, -0.05) is 18.2 Å². The van der Waals surface area contributed by atoms with E-state index in [2.05, 4.69) is 29.7 Å². The number of carbonyl (C=O) groups excluding carboxylic acids is 2. The maximum atomic E-state index is 12.5. The number of hydrogen-bond acceptors (Lipinski definition) is 3. The number of fused-ring (bicyclic) bond motifs is 1. The van der Waals surface area contributed by atoms with Crippen LogP contribution in [0.4, 0.5) is 5.69 Å². The van der Waals surface area contributed by atoms with Crippen LogP contribution in [0.25, 0.3) is 0 Å². The first-order valence-electron chi connectivity index (χ1n) is 7.95. The molecule has 1 aromatic carbocycles. The van der Waals surface area contributed by atoms with Crippen LogP contribution in [0.2, 0.25) is 0 Å². The van der Waals surface area contributed by atoms with Crippen LogP contribution < -0.4 is 10.6 Å². The molecule has 5 nitrogen and oxygen atoms in total. The van der Waals surface area contributed by atoms with Crippen molar-refractivity contribution in [3.63, 3.8) is 0 Å². The molecule has 0 radical (unpaired) electrons. The maximum absolute atomic E-state index is 12.5. The van der Waals surface area contributed by atoms with Crippen molar-refractivity contribution < 1.29 is 9.59 Å². The van der Waals surface area contributed by atoms with Gasteiger partial charge in [0.15, 0.2) is 0 Å². The average Bonchev–Trinajstić information content (AvgIpc) is 2.93. The third-order valence-electron chi connectivity index (χ3n) is 4.70. The van der Waals surface area contributed by atoms with Gasteiger partial charge in [-0.3, -0.25) is 9.59 Å². The fourth-order valence-corrected chi connectivity index (χ4v) is 3.35. The molecule has 0 aromatic heterocycles. The van der Waals surface area contributed by atoms with E-state index >= 15 is 0 Å². The summed E-state index contributed by atoms with van der Waals surface area (Å²) in [4.78, 5) is 25.6. The molecule has 2 N–H and O–H groups in total. The summed E-state index contributed by atoms with van der Waals surface area (Å²) < 4.78 is 0. The van der Waals surface area contributed by atoms with E-state index in [1.807, 2.05) is 11.0 Å². The Morgan fingerprint density at radius 1 is 1.27 bits per heavy atom. The minimum absolute atomic E-state index is 0.0666. The predicted octanol–water partition coefficient (Wildman–Crippen LogP) is 1.46. The van der Waals surface area contributed by atoms with E-state index in [-0.39, 0.29) is 23.9 Å². The molecule has 2 heterocycles. The molecule has 0 bridgehead atoms. The number of carbonyl (C=O) groups is 2. The summed E-state index contributed by atoms with van der Waals surface area (Å²) in [5.74, 6) is 0.185. The van der Waals surface area contributed by atoms with Gasteiger partial charge < -0.3 is 15.5 Å². The van der Waals surface area contributed by atoms with Crippen LogP contribution in [-0.4, -0.2) is 41.9 Å². The first kappa shape index (κ1) is 14.9. The number of aryl methyl sites for hydroxylation is 1. The molecule has 1 atom stereocenters. The summed E-state index contributed by atoms with van der Waals surface area (Å²) in [6, 6.07) is 6.17. The van der Waals surface area contributed by atoms with Gasteiger partial charge in [-0.2, -0.15) is 0 Å². The lowest BCUT2D eigenvalue weighted by molar-refractivity contribution is -0.130. The number of para-hydroxylation sites is 1. The zero-order chi connectivity index (χ0) is 15.7. The van der Waals surface area contributed by atoms with Gasteiger partial charge in [0.25, 0.3) is 0 Å². The summed E-state index contributed by atoms with van der Waals surface area (Å²) in [5, 5.41) is 6.48. The Bertz CT molecular complexity index is 592. The predicted molar refractivity (Wildman–Crippen MR) is 85.7 cm³/mol. The highest BCUT2D eigenvalue weighted by Crippen LogP contribution is 2.29. The van der Waals surface area contributed by atoms with Gasteiger partial charge in [0, 0.05) is 38.2 Å². The molecule has 0 spiro atoms. The van der Waals surface area contributed by atoms with Crippen LogP contribution in [0.3, 0.4) is 0 Å². The van der Waals surface area contributed by atoms with Crippen LogP contribution in [0.1, 0.15) is 30.9 Å². The number of anilines is 1. The van der Waals surface area contributed by atoms with Crippen molar-refractivity contribution in [1.29, 1.82) is 0 Å². The molecule has 2 aliphatic rings. The highest BCUT2D eigenvalue weighted by molar-refractivity contribution is 5.88. The van der Waals surface area contributed by atoms with E-state index in [1.165, 1.54) is 11.1 Å². The largest absolute Gasteiger partial charge is 0.373 e. The van der Waals surface area contributed by atoms with Crippen molar-refractivity contribution in [3.8, 4) is 0 Å². The lowest BCUT2D eigenvalue weighted by atomic mass is 10.0. The van der Waals surface area contributed by atoms with E-state index in [9.17, 15) is 9.59 Å². The average molecular weight is 301 g/mol. The molecule has 1 fully saturated rings. The normalized spacial score (nSPS) is 21.2. The van der Waals surface area contributed by atoms with Gasteiger partial charge in [0.2, 0.25) is 11.8 Å². The van der Waals surface area contributed by atoms with Gasteiger partial charge in [0.1, 0.15) is 6.04 Å². The Morgan fingerprint density at radius 2 is 2.00 bits per heavy atom. The number of nitrogens with one attached hydrogen (secondary N) is 2. The topological polar surface area (TPSA) is 61.4 Å². The Morgan fingerprint density at radius 3 is 2.64 bits per heavy atom. The van der Waals surface area contributed by atoms with Gasteiger partial charge in [-0.15, -0.1) is 0 Å². The Balaban J connectivity index is 1.54. The second-order valence-electron chi connectivity index (χ2n) is 6.30.